The molecule has 0 bridgehead atoms. The number of nitrogens with one attached hydrogen (secondary N) is 1. The molecule has 0 aromatic rings. The molecule has 78 valence electrons. The Morgan fingerprint density at radius 1 is 1.31 bits per heavy atom. The Balaban J connectivity index is 3.98. The van der Waals surface area contributed by atoms with Crippen molar-refractivity contribution in [3.05, 3.63) is 0 Å². The SMILES string of the molecule is CCC(CC)NC(=O)[C@@H](N)C(C)C. The lowest BCUT2D eigenvalue weighted by atomic mass is 10.0. The lowest BCUT2D eigenvalue weighted by Crippen LogP contribution is -2.47. The molecule has 0 spiro atoms. The molecule has 13 heavy (non-hydrogen) atoms. The fraction of sp³-hybridized carbons (Fsp3) is 0.900. The van der Waals surface area contributed by atoms with Crippen LogP contribution < -0.4 is 11.1 Å². The molecule has 0 radical (unpaired) electrons. The lowest BCUT2D eigenvalue weighted by Gasteiger charge is -2.20. The standard InChI is InChI=1S/C10H22N2O/c1-5-8(6-2)12-10(13)9(11)7(3)4/h7-9H,5-6,11H2,1-4H3,(H,12,13)/t9-/m0/s1. The smallest absolute Gasteiger partial charge is 0.237 e. The maximum Gasteiger partial charge on any atom is 0.237 e. The van der Waals surface area contributed by atoms with E-state index in [1.165, 1.54) is 0 Å². The van der Waals surface area contributed by atoms with Crippen molar-refractivity contribution in [1.29, 1.82) is 0 Å². The number of carbonyl (C=O) groups is 1. The number of hydrogen-bond acceptors (Lipinski definition) is 2. The molecule has 0 rings (SSSR count). The first-order valence-corrected chi connectivity index (χ1v) is 5.08. The summed E-state index contributed by atoms with van der Waals surface area (Å²) < 4.78 is 0. The number of carbonyl (C=O) groups excluding carboxylic acids is 1. The molecule has 3 heteroatoms. The minimum atomic E-state index is -0.374. The van der Waals surface area contributed by atoms with Gasteiger partial charge in [0.25, 0.3) is 0 Å². The zero-order valence-corrected chi connectivity index (χ0v) is 9.13. The zero-order chi connectivity index (χ0) is 10.4. The largest absolute Gasteiger partial charge is 0.352 e. The van der Waals surface area contributed by atoms with Gasteiger partial charge in [0.15, 0.2) is 0 Å². The van der Waals surface area contributed by atoms with Gasteiger partial charge in [-0.2, -0.15) is 0 Å². The predicted molar refractivity (Wildman–Crippen MR) is 55.3 cm³/mol. The van der Waals surface area contributed by atoms with Crippen LogP contribution in [0.5, 0.6) is 0 Å². The first-order chi connectivity index (χ1) is 6.02. The third kappa shape index (κ3) is 4.27. The van der Waals surface area contributed by atoms with E-state index in [-0.39, 0.29) is 23.9 Å². The molecule has 0 aliphatic rings. The maximum atomic E-state index is 11.5. The van der Waals surface area contributed by atoms with E-state index in [0.717, 1.165) is 12.8 Å². The predicted octanol–water partition coefficient (Wildman–Crippen LogP) is 1.27. The van der Waals surface area contributed by atoms with Gasteiger partial charge in [-0.1, -0.05) is 27.7 Å². The first-order valence-electron chi connectivity index (χ1n) is 5.08. The Morgan fingerprint density at radius 2 is 1.77 bits per heavy atom. The molecule has 1 atom stereocenters. The van der Waals surface area contributed by atoms with Gasteiger partial charge >= 0.3 is 0 Å². The molecule has 0 saturated carbocycles. The second-order valence-electron chi connectivity index (χ2n) is 3.79. The zero-order valence-electron chi connectivity index (χ0n) is 9.13. The number of nitrogens with two attached hydrogens (primary N) is 1. The summed E-state index contributed by atoms with van der Waals surface area (Å²) in [6.45, 7) is 8.04. The third-order valence-electron chi connectivity index (χ3n) is 2.35. The van der Waals surface area contributed by atoms with E-state index >= 15 is 0 Å². The van der Waals surface area contributed by atoms with Crippen molar-refractivity contribution in [3.63, 3.8) is 0 Å². The van der Waals surface area contributed by atoms with Crippen molar-refractivity contribution in [2.45, 2.75) is 52.6 Å². The molecule has 0 fully saturated rings. The van der Waals surface area contributed by atoms with Gasteiger partial charge in [0.05, 0.1) is 6.04 Å². The van der Waals surface area contributed by atoms with Crippen molar-refractivity contribution >= 4 is 5.91 Å². The average Bonchev–Trinajstić information content (AvgIpc) is 2.12. The maximum absolute atomic E-state index is 11.5. The third-order valence-corrected chi connectivity index (χ3v) is 2.35. The lowest BCUT2D eigenvalue weighted by molar-refractivity contribution is -0.124. The Bertz CT molecular complexity index is 153. The molecule has 3 nitrogen and oxygen atoms in total. The van der Waals surface area contributed by atoms with E-state index in [4.69, 9.17) is 5.73 Å². The molecule has 0 unspecified atom stereocenters. The van der Waals surface area contributed by atoms with Crippen LogP contribution in [0, 0.1) is 5.92 Å². The van der Waals surface area contributed by atoms with Crippen LogP contribution in [0.2, 0.25) is 0 Å². The van der Waals surface area contributed by atoms with Crippen LogP contribution in [0.1, 0.15) is 40.5 Å². The number of hydrogen-bond donors (Lipinski definition) is 2. The van der Waals surface area contributed by atoms with Gasteiger partial charge in [-0.25, -0.2) is 0 Å². The number of rotatable bonds is 5. The highest BCUT2D eigenvalue weighted by Crippen LogP contribution is 2.01. The molecule has 0 saturated heterocycles. The van der Waals surface area contributed by atoms with Crippen LogP contribution in [-0.4, -0.2) is 18.0 Å². The summed E-state index contributed by atoms with van der Waals surface area (Å²) >= 11 is 0. The first kappa shape index (κ1) is 12.4. The van der Waals surface area contributed by atoms with Crippen LogP contribution >= 0.6 is 0 Å². The molecule has 0 heterocycles. The van der Waals surface area contributed by atoms with Gasteiger partial charge in [0.1, 0.15) is 0 Å². The fourth-order valence-corrected chi connectivity index (χ4v) is 1.09. The summed E-state index contributed by atoms with van der Waals surface area (Å²) in [5.74, 6) is 0.179. The molecule has 1 amide bonds. The summed E-state index contributed by atoms with van der Waals surface area (Å²) in [6.07, 6.45) is 1.93. The molecule has 0 aromatic carbocycles. The summed E-state index contributed by atoms with van der Waals surface area (Å²) in [4.78, 5) is 11.5. The number of amides is 1. The molecular formula is C10H22N2O. The minimum absolute atomic E-state index is 0.0244. The fourth-order valence-electron chi connectivity index (χ4n) is 1.09. The van der Waals surface area contributed by atoms with E-state index < -0.39 is 0 Å². The second kappa shape index (κ2) is 5.97. The van der Waals surface area contributed by atoms with Crippen LogP contribution in [0.25, 0.3) is 0 Å². The van der Waals surface area contributed by atoms with Crippen LogP contribution in [0.15, 0.2) is 0 Å². The molecule has 0 aliphatic carbocycles. The van der Waals surface area contributed by atoms with Gasteiger partial charge in [-0.15, -0.1) is 0 Å². The van der Waals surface area contributed by atoms with Crippen molar-refractivity contribution < 1.29 is 4.79 Å². The van der Waals surface area contributed by atoms with Gasteiger partial charge in [-0.05, 0) is 18.8 Å². The molecule has 0 aliphatic heterocycles. The van der Waals surface area contributed by atoms with E-state index in [2.05, 4.69) is 19.2 Å². The van der Waals surface area contributed by atoms with Gasteiger partial charge in [0, 0.05) is 6.04 Å². The molecular weight excluding hydrogens is 164 g/mol. The van der Waals surface area contributed by atoms with Crippen LogP contribution in [-0.2, 0) is 4.79 Å². The monoisotopic (exact) mass is 186 g/mol. The van der Waals surface area contributed by atoms with E-state index in [1.807, 2.05) is 13.8 Å². The Morgan fingerprint density at radius 3 is 2.08 bits per heavy atom. The van der Waals surface area contributed by atoms with Crippen LogP contribution in [0.4, 0.5) is 0 Å². The van der Waals surface area contributed by atoms with Crippen LogP contribution in [0.3, 0.4) is 0 Å². The van der Waals surface area contributed by atoms with Gasteiger partial charge in [-0.3, -0.25) is 4.79 Å². The average molecular weight is 186 g/mol. The Hall–Kier alpha value is -0.570. The van der Waals surface area contributed by atoms with Gasteiger partial charge in [0.2, 0.25) is 5.91 Å². The normalized spacial score (nSPS) is 13.5. The summed E-state index contributed by atoms with van der Waals surface area (Å²) in [5.41, 5.74) is 5.71. The highest BCUT2D eigenvalue weighted by atomic mass is 16.2. The quantitative estimate of drug-likeness (QED) is 0.679. The summed E-state index contributed by atoms with van der Waals surface area (Å²) in [6, 6.07) is -0.0992. The summed E-state index contributed by atoms with van der Waals surface area (Å²) in [7, 11) is 0. The highest BCUT2D eigenvalue weighted by molar-refractivity contribution is 5.81. The van der Waals surface area contributed by atoms with E-state index in [1.54, 1.807) is 0 Å². The van der Waals surface area contributed by atoms with Crippen molar-refractivity contribution in [2.75, 3.05) is 0 Å². The van der Waals surface area contributed by atoms with Crippen molar-refractivity contribution in [3.8, 4) is 0 Å². The molecule has 3 N–H and O–H groups in total. The highest BCUT2D eigenvalue weighted by Gasteiger charge is 2.18. The van der Waals surface area contributed by atoms with Crippen molar-refractivity contribution in [2.24, 2.45) is 11.7 Å². The molecule has 0 aromatic heterocycles. The Labute approximate surface area is 81.1 Å². The summed E-state index contributed by atoms with van der Waals surface area (Å²) in [5, 5.41) is 2.93. The van der Waals surface area contributed by atoms with Gasteiger partial charge < -0.3 is 11.1 Å². The Kier molecular flexibility index (Phi) is 5.71. The van der Waals surface area contributed by atoms with Crippen molar-refractivity contribution in [1.82, 2.24) is 5.32 Å². The van der Waals surface area contributed by atoms with E-state index in [0.29, 0.717) is 0 Å². The minimum Gasteiger partial charge on any atom is -0.352 e. The second-order valence-corrected chi connectivity index (χ2v) is 3.79. The topological polar surface area (TPSA) is 55.1 Å². The van der Waals surface area contributed by atoms with E-state index in [9.17, 15) is 4.79 Å².